The van der Waals surface area contributed by atoms with Gasteiger partial charge in [0, 0.05) is 23.1 Å². The smallest absolute Gasteiger partial charge is 0.233 e. The maximum Gasteiger partial charge on any atom is 0.233 e. The third-order valence-corrected chi connectivity index (χ3v) is 5.49. The molecule has 2 amide bonds. The van der Waals surface area contributed by atoms with Crippen LogP contribution in [-0.4, -0.2) is 27.7 Å². The van der Waals surface area contributed by atoms with E-state index in [0.29, 0.717) is 12.8 Å². The standard InChI is InChI=1S/C20H22N2O2/c1-13(10-11-14-12-21-18-9-5-4-6-15(14)18)22-19(23)16-7-2-3-8-17(16)20(22)24/h2-6,9,12-13,16-17,21H,7-8,10-11H2,1H3. The van der Waals surface area contributed by atoms with Gasteiger partial charge in [-0.3, -0.25) is 14.5 Å². The van der Waals surface area contributed by atoms with Crippen molar-refractivity contribution in [3.8, 4) is 0 Å². The predicted molar refractivity (Wildman–Crippen MR) is 93.3 cm³/mol. The third kappa shape index (κ3) is 2.37. The molecule has 1 aliphatic heterocycles. The summed E-state index contributed by atoms with van der Waals surface area (Å²) in [6.07, 6.45) is 9.18. The molecule has 3 unspecified atom stereocenters. The monoisotopic (exact) mass is 322 g/mol. The number of H-pyrrole nitrogens is 1. The van der Waals surface area contributed by atoms with Gasteiger partial charge in [0.2, 0.25) is 11.8 Å². The molecule has 3 atom stereocenters. The van der Waals surface area contributed by atoms with Crippen LogP contribution in [0.1, 0.15) is 31.7 Å². The highest BCUT2D eigenvalue weighted by Crippen LogP contribution is 2.36. The Kier molecular flexibility index (Phi) is 3.75. The Morgan fingerprint density at radius 3 is 2.50 bits per heavy atom. The number of allylic oxidation sites excluding steroid dienone is 2. The Bertz CT molecular complexity index is 794. The number of imide groups is 1. The number of rotatable bonds is 4. The summed E-state index contributed by atoms with van der Waals surface area (Å²) in [6.45, 7) is 2.00. The molecule has 1 N–H and O–H groups in total. The molecule has 4 nitrogen and oxygen atoms in total. The van der Waals surface area contributed by atoms with Crippen LogP contribution in [0.15, 0.2) is 42.6 Å². The Morgan fingerprint density at radius 2 is 1.79 bits per heavy atom. The molecule has 1 aromatic heterocycles. The van der Waals surface area contributed by atoms with Gasteiger partial charge in [-0.25, -0.2) is 0 Å². The number of hydrogen-bond acceptors (Lipinski definition) is 2. The Labute approximate surface area is 141 Å². The lowest BCUT2D eigenvalue weighted by Crippen LogP contribution is -2.39. The van der Waals surface area contributed by atoms with Crippen LogP contribution in [0.3, 0.4) is 0 Å². The summed E-state index contributed by atoms with van der Waals surface area (Å²) in [5, 5.41) is 1.22. The number of para-hydroxylation sites is 1. The van der Waals surface area contributed by atoms with E-state index in [1.54, 1.807) is 0 Å². The van der Waals surface area contributed by atoms with Gasteiger partial charge in [0.15, 0.2) is 0 Å². The normalized spacial score (nSPS) is 24.6. The van der Waals surface area contributed by atoms with Gasteiger partial charge in [0.05, 0.1) is 11.8 Å². The summed E-state index contributed by atoms with van der Waals surface area (Å²) < 4.78 is 0. The van der Waals surface area contributed by atoms with Crippen LogP contribution in [0.2, 0.25) is 0 Å². The number of carbonyl (C=O) groups excluding carboxylic acids is 2. The molecule has 0 saturated carbocycles. The van der Waals surface area contributed by atoms with Crippen LogP contribution in [0.5, 0.6) is 0 Å². The lowest BCUT2D eigenvalue weighted by atomic mass is 9.85. The molecule has 2 heterocycles. The quantitative estimate of drug-likeness (QED) is 0.692. The molecule has 4 heteroatoms. The minimum Gasteiger partial charge on any atom is -0.361 e. The van der Waals surface area contributed by atoms with Crippen molar-refractivity contribution in [2.75, 3.05) is 0 Å². The van der Waals surface area contributed by atoms with E-state index in [0.717, 1.165) is 18.4 Å². The van der Waals surface area contributed by atoms with Crippen molar-refractivity contribution in [1.29, 1.82) is 0 Å². The van der Waals surface area contributed by atoms with Gasteiger partial charge in [-0.2, -0.15) is 0 Å². The van der Waals surface area contributed by atoms with Crippen molar-refractivity contribution in [1.82, 2.24) is 9.88 Å². The molecule has 124 valence electrons. The topological polar surface area (TPSA) is 53.2 Å². The first-order valence-electron chi connectivity index (χ1n) is 8.73. The molecule has 1 aliphatic carbocycles. The van der Waals surface area contributed by atoms with E-state index < -0.39 is 0 Å². The van der Waals surface area contributed by atoms with Gasteiger partial charge >= 0.3 is 0 Å². The number of aromatic nitrogens is 1. The number of aryl methyl sites for hydroxylation is 1. The summed E-state index contributed by atoms with van der Waals surface area (Å²) in [6, 6.07) is 8.17. The number of fused-ring (bicyclic) bond motifs is 2. The van der Waals surface area contributed by atoms with Gasteiger partial charge in [-0.15, -0.1) is 0 Å². The fraction of sp³-hybridized carbons (Fsp3) is 0.400. The number of benzene rings is 1. The summed E-state index contributed by atoms with van der Waals surface area (Å²) >= 11 is 0. The first kappa shape index (κ1) is 15.2. The first-order chi connectivity index (χ1) is 11.7. The van der Waals surface area contributed by atoms with E-state index in [1.165, 1.54) is 15.8 Å². The second-order valence-electron chi connectivity index (χ2n) is 6.95. The van der Waals surface area contributed by atoms with E-state index in [9.17, 15) is 9.59 Å². The maximum absolute atomic E-state index is 12.6. The van der Waals surface area contributed by atoms with Crippen molar-refractivity contribution in [3.05, 3.63) is 48.2 Å². The molecule has 2 aromatic rings. The summed E-state index contributed by atoms with van der Waals surface area (Å²) in [5.74, 6) is -0.197. The van der Waals surface area contributed by atoms with E-state index in [-0.39, 0.29) is 29.7 Å². The maximum atomic E-state index is 12.6. The SMILES string of the molecule is CC(CCc1c[nH]c2ccccc12)N1C(=O)C2CC=CCC2C1=O. The fourth-order valence-corrected chi connectivity index (χ4v) is 4.09. The zero-order chi connectivity index (χ0) is 16.7. The Balaban J connectivity index is 1.47. The summed E-state index contributed by atoms with van der Waals surface area (Å²) in [4.78, 5) is 30.1. The van der Waals surface area contributed by atoms with Crippen molar-refractivity contribution in [2.45, 2.75) is 38.6 Å². The van der Waals surface area contributed by atoms with Crippen LogP contribution in [0.4, 0.5) is 0 Å². The van der Waals surface area contributed by atoms with E-state index in [2.05, 4.69) is 17.1 Å². The minimum atomic E-state index is -0.127. The average Bonchev–Trinajstić information content (AvgIpc) is 3.13. The molecule has 0 bridgehead atoms. The highest BCUT2D eigenvalue weighted by atomic mass is 16.2. The first-order valence-corrected chi connectivity index (χ1v) is 8.73. The number of carbonyl (C=O) groups is 2. The number of aromatic amines is 1. The van der Waals surface area contributed by atoms with Crippen LogP contribution in [0.25, 0.3) is 10.9 Å². The fourth-order valence-electron chi connectivity index (χ4n) is 4.09. The number of likely N-dealkylation sites (tertiary alicyclic amines) is 1. The summed E-state index contributed by atoms with van der Waals surface area (Å²) in [7, 11) is 0. The molecule has 24 heavy (non-hydrogen) atoms. The molecule has 0 spiro atoms. The van der Waals surface area contributed by atoms with Crippen LogP contribution < -0.4 is 0 Å². The second kappa shape index (κ2) is 5.93. The van der Waals surface area contributed by atoms with Crippen molar-refractivity contribution in [2.24, 2.45) is 11.8 Å². The average molecular weight is 322 g/mol. The molecule has 0 radical (unpaired) electrons. The van der Waals surface area contributed by atoms with Crippen molar-refractivity contribution in [3.63, 3.8) is 0 Å². The highest BCUT2D eigenvalue weighted by molar-refractivity contribution is 6.05. The Morgan fingerprint density at radius 1 is 1.12 bits per heavy atom. The predicted octanol–water partition coefficient (Wildman–Crippen LogP) is 3.44. The third-order valence-electron chi connectivity index (χ3n) is 5.49. The van der Waals surface area contributed by atoms with Gasteiger partial charge in [-0.1, -0.05) is 30.4 Å². The van der Waals surface area contributed by atoms with Crippen molar-refractivity contribution >= 4 is 22.7 Å². The van der Waals surface area contributed by atoms with E-state index in [1.807, 2.05) is 37.4 Å². The number of nitrogens with one attached hydrogen (secondary N) is 1. The van der Waals surface area contributed by atoms with E-state index >= 15 is 0 Å². The molecule has 2 aliphatic rings. The molecular weight excluding hydrogens is 300 g/mol. The van der Waals surface area contributed by atoms with E-state index in [4.69, 9.17) is 0 Å². The second-order valence-corrected chi connectivity index (χ2v) is 6.95. The Hall–Kier alpha value is -2.36. The molecule has 1 saturated heterocycles. The van der Waals surface area contributed by atoms with Gasteiger partial charge in [0.25, 0.3) is 0 Å². The minimum absolute atomic E-state index is 0.0285. The number of nitrogens with zero attached hydrogens (tertiary/aromatic N) is 1. The molecular formula is C20H22N2O2. The zero-order valence-corrected chi connectivity index (χ0v) is 13.9. The molecule has 4 rings (SSSR count). The summed E-state index contributed by atoms with van der Waals surface area (Å²) in [5.41, 5.74) is 2.38. The number of hydrogen-bond donors (Lipinski definition) is 1. The van der Waals surface area contributed by atoms with Gasteiger partial charge in [-0.05, 0) is 44.2 Å². The van der Waals surface area contributed by atoms with Gasteiger partial charge < -0.3 is 4.98 Å². The van der Waals surface area contributed by atoms with Gasteiger partial charge in [0.1, 0.15) is 0 Å². The number of amides is 2. The largest absolute Gasteiger partial charge is 0.361 e. The lowest BCUT2D eigenvalue weighted by Gasteiger charge is -2.23. The highest BCUT2D eigenvalue weighted by Gasteiger charge is 2.48. The van der Waals surface area contributed by atoms with Crippen LogP contribution in [-0.2, 0) is 16.0 Å². The van der Waals surface area contributed by atoms with Crippen molar-refractivity contribution < 1.29 is 9.59 Å². The van der Waals surface area contributed by atoms with Crippen LogP contribution >= 0.6 is 0 Å². The zero-order valence-electron chi connectivity index (χ0n) is 13.9. The van der Waals surface area contributed by atoms with Crippen LogP contribution in [0, 0.1) is 11.8 Å². The molecule has 1 aromatic carbocycles. The molecule has 1 fully saturated rings. The lowest BCUT2D eigenvalue weighted by molar-refractivity contribution is -0.142.